The Hall–Kier alpha value is -1.93. The van der Waals surface area contributed by atoms with Crippen LogP contribution in [0.2, 0.25) is 0 Å². The van der Waals surface area contributed by atoms with Crippen LogP contribution in [0.5, 0.6) is 5.88 Å². The first-order chi connectivity index (χ1) is 7.96. The molecule has 17 heavy (non-hydrogen) atoms. The maximum absolute atomic E-state index is 10.5. The molecule has 0 amide bonds. The number of para-hydroxylation sites is 1. The van der Waals surface area contributed by atoms with Gasteiger partial charge in [-0.1, -0.05) is 28.5 Å². The molecule has 90 valence electrons. The highest BCUT2D eigenvalue weighted by Gasteiger charge is 2.11. The van der Waals surface area contributed by atoms with Crippen molar-refractivity contribution in [3.63, 3.8) is 0 Å². The van der Waals surface area contributed by atoms with Crippen LogP contribution in [-0.2, 0) is 10.4 Å². The second-order valence-corrected chi connectivity index (χ2v) is 4.32. The van der Waals surface area contributed by atoms with E-state index in [9.17, 15) is 8.42 Å². The topological polar surface area (TPSA) is 94.3 Å². The van der Waals surface area contributed by atoms with Crippen molar-refractivity contribution in [1.29, 1.82) is 0 Å². The molecule has 0 saturated carbocycles. The number of aryl methyl sites for hydroxylation is 1. The molecule has 1 aromatic heterocycles. The minimum absolute atomic E-state index is 0.296. The van der Waals surface area contributed by atoms with Gasteiger partial charge in [0.1, 0.15) is 0 Å². The Morgan fingerprint density at radius 2 is 2.06 bits per heavy atom. The van der Waals surface area contributed by atoms with E-state index in [0.717, 1.165) is 11.3 Å². The van der Waals surface area contributed by atoms with Crippen molar-refractivity contribution in [2.45, 2.75) is 6.92 Å². The third-order valence-electron chi connectivity index (χ3n) is 2.03. The van der Waals surface area contributed by atoms with E-state index in [2.05, 4.69) is 14.5 Å². The fourth-order valence-electron chi connectivity index (χ4n) is 1.33. The molecule has 0 fully saturated rings. The van der Waals surface area contributed by atoms with E-state index in [1.54, 1.807) is 6.07 Å². The van der Waals surface area contributed by atoms with Crippen LogP contribution in [0, 0.1) is 6.92 Å². The largest absolute Gasteiger partial charge is 0.448 e. The second-order valence-electron chi connectivity index (χ2n) is 3.30. The second kappa shape index (κ2) is 4.15. The Labute approximate surface area is 97.6 Å². The van der Waals surface area contributed by atoms with Crippen molar-refractivity contribution in [2.24, 2.45) is 0 Å². The number of rotatable bonds is 3. The van der Waals surface area contributed by atoms with Crippen LogP contribution in [0.1, 0.15) is 5.56 Å². The van der Waals surface area contributed by atoms with Crippen molar-refractivity contribution < 1.29 is 17.2 Å². The molecule has 1 N–H and O–H groups in total. The summed E-state index contributed by atoms with van der Waals surface area (Å²) in [4.78, 5) is 0. The summed E-state index contributed by atoms with van der Waals surface area (Å²) < 4.78 is 35.0. The molecule has 0 aliphatic rings. The lowest BCUT2D eigenvalue weighted by Gasteiger charge is -2.02. The van der Waals surface area contributed by atoms with Gasteiger partial charge in [-0.3, -0.25) is 4.55 Å². The summed E-state index contributed by atoms with van der Waals surface area (Å²) in [6, 6.07) is 7.35. The first-order valence-corrected chi connectivity index (χ1v) is 5.97. The Balaban J connectivity index is 2.34. The smallest absolute Gasteiger partial charge is 0.338 e. The van der Waals surface area contributed by atoms with E-state index >= 15 is 0 Å². The number of benzene rings is 1. The van der Waals surface area contributed by atoms with Gasteiger partial charge in [0.15, 0.2) is 0 Å². The zero-order valence-electron chi connectivity index (χ0n) is 8.81. The molecule has 1 aromatic carbocycles. The summed E-state index contributed by atoms with van der Waals surface area (Å²) >= 11 is 0. The summed E-state index contributed by atoms with van der Waals surface area (Å²) in [5, 5.41) is 7.17. The number of hydrogen-bond acceptors (Lipinski definition) is 5. The average molecular weight is 255 g/mol. The standard InChI is InChI=1S/C9H9N3O4S/c1-7-4-2-3-5-8(7)12-6-9(10-11-12)16-17(13,14)15/h2-6H,1H3,(H,13,14,15). The Bertz CT molecular complexity index is 635. The Morgan fingerprint density at radius 3 is 2.71 bits per heavy atom. The SMILES string of the molecule is Cc1ccccc1-n1cc(OS(=O)(=O)O)nn1. The maximum Gasteiger partial charge on any atom is 0.448 e. The summed E-state index contributed by atoms with van der Waals surface area (Å²) in [5.41, 5.74) is 1.68. The first kappa shape index (κ1) is 11.6. The fourth-order valence-corrected chi connectivity index (χ4v) is 1.62. The van der Waals surface area contributed by atoms with Crippen LogP contribution in [0.4, 0.5) is 0 Å². The van der Waals surface area contributed by atoms with Gasteiger partial charge in [0.25, 0.3) is 5.88 Å². The summed E-state index contributed by atoms with van der Waals surface area (Å²) in [6.45, 7) is 1.88. The van der Waals surface area contributed by atoms with Crippen LogP contribution < -0.4 is 4.18 Å². The van der Waals surface area contributed by atoms with E-state index in [1.807, 2.05) is 25.1 Å². The molecule has 0 atom stereocenters. The molecular weight excluding hydrogens is 246 g/mol. The normalized spacial score (nSPS) is 11.4. The molecule has 0 saturated heterocycles. The molecule has 1 heterocycles. The average Bonchev–Trinajstić information content (AvgIpc) is 2.64. The zero-order valence-corrected chi connectivity index (χ0v) is 9.63. The predicted octanol–water partition coefficient (Wildman–Crippen LogP) is 0.757. The van der Waals surface area contributed by atoms with E-state index in [4.69, 9.17) is 4.55 Å². The maximum atomic E-state index is 10.5. The third-order valence-corrected chi connectivity index (χ3v) is 2.41. The van der Waals surface area contributed by atoms with Crippen LogP contribution in [0.25, 0.3) is 5.69 Å². The predicted molar refractivity (Wildman–Crippen MR) is 58.3 cm³/mol. The number of nitrogens with zero attached hydrogens (tertiary/aromatic N) is 3. The van der Waals surface area contributed by atoms with Gasteiger partial charge < -0.3 is 4.18 Å². The third kappa shape index (κ3) is 2.80. The van der Waals surface area contributed by atoms with Gasteiger partial charge in [-0.25, -0.2) is 4.68 Å². The summed E-state index contributed by atoms with van der Waals surface area (Å²) in [7, 11) is -4.57. The molecule has 0 unspecified atom stereocenters. The first-order valence-electron chi connectivity index (χ1n) is 4.61. The van der Waals surface area contributed by atoms with Crippen LogP contribution >= 0.6 is 0 Å². The van der Waals surface area contributed by atoms with Crippen molar-refractivity contribution in [3.05, 3.63) is 36.0 Å². The highest BCUT2D eigenvalue weighted by atomic mass is 32.3. The Kier molecular flexibility index (Phi) is 2.82. The monoisotopic (exact) mass is 255 g/mol. The lowest BCUT2D eigenvalue weighted by Crippen LogP contribution is -2.06. The zero-order chi connectivity index (χ0) is 12.5. The van der Waals surface area contributed by atoms with Gasteiger partial charge in [0, 0.05) is 0 Å². The van der Waals surface area contributed by atoms with E-state index in [-0.39, 0.29) is 5.88 Å². The summed E-state index contributed by atoms with van der Waals surface area (Å²) in [5.74, 6) is -0.296. The van der Waals surface area contributed by atoms with Crippen molar-refractivity contribution in [1.82, 2.24) is 15.0 Å². The number of aromatic nitrogens is 3. The van der Waals surface area contributed by atoms with Crippen LogP contribution in [0.3, 0.4) is 0 Å². The minimum Gasteiger partial charge on any atom is -0.338 e. The molecule has 0 spiro atoms. The van der Waals surface area contributed by atoms with Crippen molar-refractivity contribution in [2.75, 3.05) is 0 Å². The van der Waals surface area contributed by atoms with Crippen LogP contribution in [-0.4, -0.2) is 28.0 Å². The van der Waals surface area contributed by atoms with Crippen molar-refractivity contribution >= 4 is 10.4 Å². The van der Waals surface area contributed by atoms with Gasteiger partial charge in [0.2, 0.25) is 0 Å². The van der Waals surface area contributed by atoms with E-state index in [1.165, 1.54) is 10.9 Å². The lowest BCUT2D eigenvalue weighted by molar-refractivity contribution is 0.380. The van der Waals surface area contributed by atoms with E-state index < -0.39 is 10.4 Å². The van der Waals surface area contributed by atoms with E-state index in [0.29, 0.717) is 0 Å². The lowest BCUT2D eigenvalue weighted by atomic mass is 10.2. The quantitative estimate of drug-likeness (QED) is 0.813. The molecule has 0 radical (unpaired) electrons. The number of hydrogen-bond donors (Lipinski definition) is 1. The molecule has 2 aromatic rings. The highest BCUT2D eigenvalue weighted by Crippen LogP contribution is 2.15. The van der Waals surface area contributed by atoms with Crippen molar-refractivity contribution in [3.8, 4) is 11.6 Å². The molecule has 0 bridgehead atoms. The highest BCUT2D eigenvalue weighted by molar-refractivity contribution is 7.81. The van der Waals surface area contributed by atoms with Gasteiger partial charge in [0.05, 0.1) is 11.9 Å². The minimum atomic E-state index is -4.57. The molecule has 0 aliphatic carbocycles. The summed E-state index contributed by atoms with van der Waals surface area (Å²) in [6.07, 6.45) is 1.26. The van der Waals surface area contributed by atoms with Crippen LogP contribution in [0.15, 0.2) is 30.5 Å². The Morgan fingerprint density at radius 1 is 1.35 bits per heavy atom. The van der Waals surface area contributed by atoms with Gasteiger partial charge in [-0.15, -0.1) is 0 Å². The molecule has 2 rings (SSSR count). The molecule has 8 heteroatoms. The molecule has 7 nitrogen and oxygen atoms in total. The molecule has 0 aliphatic heterocycles. The van der Waals surface area contributed by atoms with Gasteiger partial charge in [-0.2, -0.15) is 8.42 Å². The van der Waals surface area contributed by atoms with Gasteiger partial charge >= 0.3 is 10.4 Å². The fraction of sp³-hybridized carbons (Fsp3) is 0.111. The molecular formula is C9H9N3O4S. The van der Waals surface area contributed by atoms with Gasteiger partial charge in [-0.05, 0) is 18.6 Å².